The number of halogens is 1. The van der Waals surface area contributed by atoms with Gasteiger partial charge in [-0.3, -0.25) is 0 Å². The second kappa shape index (κ2) is 6.69. The van der Waals surface area contributed by atoms with Crippen LogP contribution in [-0.2, 0) is 0 Å². The van der Waals surface area contributed by atoms with Crippen molar-refractivity contribution in [2.45, 2.75) is 64.8 Å². The molecular formula is C15H24BrN3. The van der Waals surface area contributed by atoms with Crippen molar-refractivity contribution in [3.63, 3.8) is 0 Å². The molecule has 2 atom stereocenters. The highest BCUT2D eigenvalue weighted by atomic mass is 79.9. The lowest BCUT2D eigenvalue weighted by Crippen LogP contribution is -2.32. The van der Waals surface area contributed by atoms with Gasteiger partial charge in [-0.1, -0.05) is 40.0 Å². The standard InChI is InChI=1S/C15H24BrN3/c1-4-11-7-5-6-8-12(11)17-14-9-13(16)18-15(19-14)10(2)3/h9-12H,4-8H2,1-3H3,(H,17,18,19). The molecular weight excluding hydrogens is 302 g/mol. The predicted octanol–water partition coefficient (Wildman–Crippen LogP) is 4.74. The summed E-state index contributed by atoms with van der Waals surface area (Å²) in [5.41, 5.74) is 0. The topological polar surface area (TPSA) is 37.8 Å². The number of hydrogen-bond acceptors (Lipinski definition) is 3. The Kier molecular flexibility index (Phi) is 5.20. The van der Waals surface area contributed by atoms with Crippen LogP contribution >= 0.6 is 15.9 Å². The lowest BCUT2D eigenvalue weighted by Gasteiger charge is -2.32. The van der Waals surface area contributed by atoms with Gasteiger partial charge in [0.05, 0.1) is 0 Å². The van der Waals surface area contributed by atoms with Crippen molar-refractivity contribution in [2.75, 3.05) is 5.32 Å². The first kappa shape index (κ1) is 14.8. The Balaban J connectivity index is 2.13. The fraction of sp³-hybridized carbons (Fsp3) is 0.733. The minimum atomic E-state index is 0.353. The summed E-state index contributed by atoms with van der Waals surface area (Å²) in [6.45, 7) is 6.54. The maximum absolute atomic E-state index is 4.64. The molecule has 3 nitrogen and oxygen atoms in total. The van der Waals surface area contributed by atoms with Gasteiger partial charge in [-0.05, 0) is 34.7 Å². The van der Waals surface area contributed by atoms with Crippen molar-refractivity contribution >= 4 is 21.7 Å². The molecule has 4 heteroatoms. The zero-order valence-corrected chi connectivity index (χ0v) is 13.7. The van der Waals surface area contributed by atoms with Gasteiger partial charge >= 0.3 is 0 Å². The van der Waals surface area contributed by atoms with Crippen molar-refractivity contribution in [3.8, 4) is 0 Å². The molecule has 19 heavy (non-hydrogen) atoms. The van der Waals surface area contributed by atoms with Gasteiger partial charge in [0.2, 0.25) is 0 Å². The van der Waals surface area contributed by atoms with E-state index >= 15 is 0 Å². The first-order chi connectivity index (χ1) is 9.10. The van der Waals surface area contributed by atoms with Crippen molar-refractivity contribution in [2.24, 2.45) is 5.92 Å². The zero-order valence-electron chi connectivity index (χ0n) is 12.1. The van der Waals surface area contributed by atoms with Gasteiger partial charge in [0.15, 0.2) is 0 Å². The molecule has 0 bridgehead atoms. The van der Waals surface area contributed by atoms with Gasteiger partial charge in [-0.25, -0.2) is 9.97 Å². The third kappa shape index (κ3) is 3.91. The van der Waals surface area contributed by atoms with Crippen LogP contribution in [0.5, 0.6) is 0 Å². The molecule has 1 N–H and O–H groups in total. The SMILES string of the molecule is CCC1CCCCC1Nc1cc(Br)nc(C(C)C)n1. The highest BCUT2D eigenvalue weighted by Crippen LogP contribution is 2.29. The number of nitrogens with one attached hydrogen (secondary N) is 1. The fourth-order valence-electron chi connectivity index (χ4n) is 2.84. The third-order valence-corrected chi connectivity index (χ3v) is 4.40. The number of hydrogen-bond donors (Lipinski definition) is 1. The second-order valence-corrected chi connectivity index (χ2v) is 6.60. The Morgan fingerprint density at radius 2 is 2.05 bits per heavy atom. The van der Waals surface area contributed by atoms with E-state index in [1.165, 1.54) is 32.1 Å². The maximum atomic E-state index is 4.64. The van der Waals surface area contributed by atoms with Gasteiger partial charge in [0, 0.05) is 18.0 Å². The van der Waals surface area contributed by atoms with Crippen LogP contribution in [0, 0.1) is 5.92 Å². The van der Waals surface area contributed by atoms with Crippen LogP contribution in [0.15, 0.2) is 10.7 Å². The summed E-state index contributed by atoms with van der Waals surface area (Å²) in [5.74, 6) is 3.01. The molecule has 1 heterocycles. The second-order valence-electron chi connectivity index (χ2n) is 5.79. The van der Waals surface area contributed by atoms with Crippen LogP contribution in [0.1, 0.15) is 64.6 Å². The highest BCUT2D eigenvalue weighted by molar-refractivity contribution is 9.10. The van der Waals surface area contributed by atoms with Crippen LogP contribution < -0.4 is 5.32 Å². The summed E-state index contributed by atoms with van der Waals surface area (Å²) in [5, 5.41) is 3.64. The van der Waals surface area contributed by atoms with E-state index in [1.807, 2.05) is 6.07 Å². The Labute approximate surface area is 124 Å². The van der Waals surface area contributed by atoms with Crippen LogP contribution in [0.25, 0.3) is 0 Å². The first-order valence-corrected chi connectivity index (χ1v) is 8.20. The van der Waals surface area contributed by atoms with Crippen molar-refractivity contribution < 1.29 is 0 Å². The van der Waals surface area contributed by atoms with Crippen LogP contribution in [0.3, 0.4) is 0 Å². The molecule has 1 aliphatic carbocycles. The molecule has 0 aliphatic heterocycles. The molecule has 1 aromatic heterocycles. The summed E-state index contributed by atoms with van der Waals surface area (Å²) < 4.78 is 0.873. The fourth-order valence-corrected chi connectivity index (χ4v) is 3.24. The minimum absolute atomic E-state index is 0.353. The molecule has 0 spiro atoms. The zero-order chi connectivity index (χ0) is 13.8. The Morgan fingerprint density at radius 1 is 1.32 bits per heavy atom. The molecule has 2 unspecified atom stereocenters. The number of nitrogens with zero attached hydrogens (tertiary/aromatic N) is 2. The maximum Gasteiger partial charge on any atom is 0.134 e. The summed E-state index contributed by atoms with van der Waals surface area (Å²) >= 11 is 3.49. The predicted molar refractivity (Wildman–Crippen MR) is 83.5 cm³/mol. The average Bonchev–Trinajstić information content (AvgIpc) is 2.38. The monoisotopic (exact) mass is 325 g/mol. The normalized spacial score (nSPS) is 23.6. The van der Waals surface area contributed by atoms with Gasteiger partial charge in [0.1, 0.15) is 16.2 Å². The summed E-state index contributed by atoms with van der Waals surface area (Å²) in [7, 11) is 0. The lowest BCUT2D eigenvalue weighted by molar-refractivity contribution is 0.316. The molecule has 106 valence electrons. The largest absolute Gasteiger partial charge is 0.367 e. The molecule has 1 fully saturated rings. The van der Waals surface area contributed by atoms with Gasteiger partial charge < -0.3 is 5.32 Å². The molecule has 0 radical (unpaired) electrons. The molecule has 0 aromatic carbocycles. The molecule has 1 saturated carbocycles. The lowest BCUT2D eigenvalue weighted by atomic mass is 9.83. The number of aromatic nitrogens is 2. The third-order valence-electron chi connectivity index (χ3n) is 4.00. The highest BCUT2D eigenvalue weighted by Gasteiger charge is 2.24. The Bertz CT molecular complexity index is 420. The van der Waals surface area contributed by atoms with E-state index in [2.05, 4.69) is 52.0 Å². The van der Waals surface area contributed by atoms with E-state index in [9.17, 15) is 0 Å². The molecule has 1 aromatic rings. The molecule has 1 aliphatic rings. The van der Waals surface area contributed by atoms with E-state index in [-0.39, 0.29) is 0 Å². The van der Waals surface area contributed by atoms with E-state index < -0.39 is 0 Å². The summed E-state index contributed by atoms with van der Waals surface area (Å²) in [6.07, 6.45) is 6.56. The van der Waals surface area contributed by atoms with Crippen molar-refractivity contribution in [1.29, 1.82) is 0 Å². The van der Waals surface area contributed by atoms with E-state index in [0.29, 0.717) is 12.0 Å². The van der Waals surface area contributed by atoms with E-state index in [4.69, 9.17) is 0 Å². The first-order valence-electron chi connectivity index (χ1n) is 7.41. The van der Waals surface area contributed by atoms with Gasteiger partial charge in [-0.15, -0.1) is 0 Å². The number of rotatable bonds is 4. The smallest absolute Gasteiger partial charge is 0.134 e. The van der Waals surface area contributed by atoms with Crippen molar-refractivity contribution in [1.82, 2.24) is 9.97 Å². The van der Waals surface area contributed by atoms with Crippen molar-refractivity contribution in [3.05, 3.63) is 16.5 Å². The average molecular weight is 326 g/mol. The summed E-state index contributed by atoms with van der Waals surface area (Å²) in [4.78, 5) is 9.07. The van der Waals surface area contributed by atoms with Gasteiger partial charge in [0.25, 0.3) is 0 Å². The van der Waals surface area contributed by atoms with Crippen LogP contribution in [0.2, 0.25) is 0 Å². The molecule has 0 saturated heterocycles. The number of anilines is 1. The van der Waals surface area contributed by atoms with E-state index in [0.717, 1.165) is 22.2 Å². The van der Waals surface area contributed by atoms with Crippen LogP contribution in [-0.4, -0.2) is 16.0 Å². The minimum Gasteiger partial charge on any atom is -0.367 e. The quantitative estimate of drug-likeness (QED) is 0.812. The molecule has 0 amide bonds. The van der Waals surface area contributed by atoms with Crippen LogP contribution in [0.4, 0.5) is 5.82 Å². The Morgan fingerprint density at radius 3 is 2.74 bits per heavy atom. The van der Waals surface area contributed by atoms with E-state index in [1.54, 1.807) is 0 Å². The molecule has 2 rings (SSSR count). The van der Waals surface area contributed by atoms with Gasteiger partial charge in [-0.2, -0.15) is 0 Å². The Hall–Kier alpha value is -0.640. The summed E-state index contributed by atoms with van der Waals surface area (Å²) in [6, 6.07) is 2.56.